The van der Waals surface area contributed by atoms with Crippen molar-refractivity contribution in [2.24, 2.45) is 0 Å². The fourth-order valence-corrected chi connectivity index (χ4v) is 3.32. The zero-order valence-electron chi connectivity index (χ0n) is 17.8. The van der Waals surface area contributed by atoms with E-state index in [-0.39, 0.29) is 25.1 Å². The molecule has 8 nitrogen and oxygen atoms in total. The van der Waals surface area contributed by atoms with Gasteiger partial charge in [0.05, 0.1) is 31.0 Å². The molecule has 0 saturated carbocycles. The monoisotopic (exact) mass is 403 g/mol. The van der Waals surface area contributed by atoms with Crippen LogP contribution in [0.15, 0.2) is 29.5 Å². The highest BCUT2D eigenvalue weighted by molar-refractivity contribution is 5.95. The average molecular weight is 404 g/mol. The number of nitrogens with one attached hydrogen (secondary N) is 4. The van der Waals surface area contributed by atoms with Crippen molar-refractivity contribution in [1.29, 1.82) is 0 Å². The molecule has 158 valence electrons. The van der Waals surface area contributed by atoms with Crippen LogP contribution >= 0.6 is 0 Å². The molecule has 0 radical (unpaired) electrons. The van der Waals surface area contributed by atoms with Crippen LogP contribution in [0.5, 0.6) is 0 Å². The summed E-state index contributed by atoms with van der Waals surface area (Å²) >= 11 is 0. The van der Waals surface area contributed by atoms with Crippen LogP contribution < -0.4 is 20.9 Å². The van der Waals surface area contributed by atoms with E-state index >= 15 is 0 Å². The second-order valence-electron chi connectivity index (χ2n) is 7.28. The molecule has 3 amide bonds. The Morgan fingerprint density at radius 3 is 2.62 bits per heavy atom. The summed E-state index contributed by atoms with van der Waals surface area (Å²) in [6, 6.07) is 5.01. The molecular weight excluding hydrogens is 372 g/mol. The van der Waals surface area contributed by atoms with E-state index in [2.05, 4.69) is 16.0 Å². The van der Waals surface area contributed by atoms with Crippen LogP contribution in [-0.2, 0) is 14.3 Å². The Hall–Kier alpha value is -2.87. The number of amides is 3. The Morgan fingerprint density at radius 2 is 1.97 bits per heavy atom. The van der Waals surface area contributed by atoms with Gasteiger partial charge in [0.1, 0.15) is 6.54 Å². The molecule has 1 aromatic rings. The summed E-state index contributed by atoms with van der Waals surface area (Å²) in [5, 5.41) is 8.40. The fraction of sp³-hybridized carbons (Fsp3) is 0.476. The number of hydrogen-bond donors (Lipinski definition) is 4. The van der Waals surface area contributed by atoms with Crippen LogP contribution in [-0.4, -0.2) is 50.7 Å². The van der Waals surface area contributed by atoms with Crippen LogP contribution in [0.1, 0.15) is 31.4 Å². The summed E-state index contributed by atoms with van der Waals surface area (Å²) in [6.07, 6.45) is 0.567. The maximum Gasteiger partial charge on any atom is 0.338 e. The number of carbonyl (C=O) groups is 3. The number of likely N-dealkylation sites (N-methyl/N-ethyl adjacent to an activating group) is 1. The maximum atomic E-state index is 12.5. The molecule has 1 aliphatic heterocycles. The van der Waals surface area contributed by atoms with E-state index in [4.69, 9.17) is 4.74 Å². The van der Waals surface area contributed by atoms with E-state index < -0.39 is 12.0 Å². The van der Waals surface area contributed by atoms with Gasteiger partial charge in [-0.15, -0.1) is 0 Å². The van der Waals surface area contributed by atoms with Gasteiger partial charge in [-0.2, -0.15) is 0 Å². The van der Waals surface area contributed by atoms with E-state index in [1.165, 1.54) is 0 Å². The van der Waals surface area contributed by atoms with E-state index in [1.54, 1.807) is 6.92 Å². The van der Waals surface area contributed by atoms with Crippen LogP contribution in [0, 0.1) is 13.8 Å². The minimum atomic E-state index is -0.450. The Kier molecular flexibility index (Phi) is 7.78. The van der Waals surface area contributed by atoms with Gasteiger partial charge in [-0.05, 0) is 44.4 Å². The van der Waals surface area contributed by atoms with E-state index in [1.807, 2.05) is 46.0 Å². The average Bonchev–Trinajstić information content (AvgIpc) is 2.64. The normalized spacial score (nSPS) is 17.3. The molecule has 1 unspecified atom stereocenters. The lowest BCUT2D eigenvalue weighted by molar-refractivity contribution is -0.866. The molecule has 8 heteroatoms. The lowest BCUT2D eigenvalue weighted by Gasteiger charge is -2.29. The standard InChI is InChI=1S/C21H30N4O4/c1-6-15-19(20(27)29-7-2)17(24-21(28)23-15)11-25(5)12-18(26)22-16-10-8-9-13(3)14(16)4/h8-10,15H,6-7,11-12H2,1-5H3,(H,22,26)(H2,23,24,28)/p+1/t15-/m1/s1. The summed E-state index contributed by atoms with van der Waals surface area (Å²) in [7, 11) is 1.84. The number of quaternary nitrogens is 1. The van der Waals surface area contributed by atoms with Gasteiger partial charge in [0.15, 0.2) is 6.54 Å². The van der Waals surface area contributed by atoms with Crippen molar-refractivity contribution < 1.29 is 24.0 Å². The third-order valence-corrected chi connectivity index (χ3v) is 4.97. The quantitative estimate of drug-likeness (QED) is 0.479. The number of esters is 1. The zero-order valence-corrected chi connectivity index (χ0v) is 17.8. The maximum absolute atomic E-state index is 12.5. The number of hydrogen-bond acceptors (Lipinski definition) is 4. The molecule has 1 heterocycles. The Morgan fingerprint density at radius 1 is 1.24 bits per heavy atom. The summed E-state index contributed by atoms with van der Waals surface area (Å²) < 4.78 is 5.17. The van der Waals surface area contributed by atoms with E-state index in [9.17, 15) is 14.4 Å². The molecule has 0 fully saturated rings. The van der Waals surface area contributed by atoms with Crippen LogP contribution in [0.3, 0.4) is 0 Å². The SMILES string of the molecule is CCOC(=O)C1=C(C[NH+](C)CC(=O)Nc2cccc(C)c2C)NC(=O)N[C@@H]1CC. The third kappa shape index (κ3) is 5.80. The third-order valence-electron chi connectivity index (χ3n) is 4.97. The van der Waals surface area contributed by atoms with Gasteiger partial charge in [0.25, 0.3) is 5.91 Å². The molecular formula is C21H31N4O4+. The minimum Gasteiger partial charge on any atom is -0.463 e. The second kappa shape index (κ2) is 10.1. The first-order valence-corrected chi connectivity index (χ1v) is 9.91. The molecule has 1 aliphatic rings. The first-order valence-electron chi connectivity index (χ1n) is 9.91. The number of carbonyl (C=O) groups excluding carboxylic acids is 3. The van der Waals surface area contributed by atoms with Gasteiger partial charge >= 0.3 is 12.0 Å². The van der Waals surface area contributed by atoms with Crippen LogP contribution in [0.25, 0.3) is 0 Å². The van der Waals surface area contributed by atoms with Crippen molar-refractivity contribution >= 4 is 23.6 Å². The van der Waals surface area contributed by atoms with Gasteiger partial charge in [-0.25, -0.2) is 9.59 Å². The first-order chi connectivity index (χ1) is 13.8. The van der Waals surface area contributed by atoms with Crippen molar-refractivity contribution in [3.63, 3.8) is 0 Å². The molecule has 0 aliphatic carbocycles. The predicted molar refractivity (Wildman–Crippen MR) is 111 cm³/mol. The van der Waals surface area contributed by atoms with Crippen molar-refractivity contribution in [3.05, 3.63) is 40.6 Å². The van der Waals surface area contributed by atoms with Gasteiger partial charge < -0.3 is 25.6 Å². The highest BCUT2D eigenvalue weighted by atomic mass is 16.5. The Bertz CT molecular complexity index is 819. The number of urea groups is 1. The first kappa shape index (κ1) is 22.4. The van der Waals surface area contributed by atoms with Crippen molar-refractivity contribution in [3.8, 4) is 0 Å². The lowest BCUT2D eigenvalue weighted by atomic mass is 10.00. The summed E-state index contributed by atoms with van der Waals surface area (Å²) in [5.74, 6) is -0.587. The molecule has 4 N–H and O–H groups in total. The molecule has 0 saturated heterocycles. The highest BCUT2D eigenvalue weighted by Crippen LogP contribution is 2.18. The van der Waals surface area contributed by atoms with Crippen molar-refractivity contribution in [2.45, 2.75) is 40.2 Å². The molecule has 0 aromatic heterocycles. The zero-order chi connectivity index (χ0) is 21.6. The smallest absolute Gasteiger partial charge is 0.338 e. The molecule has 2 atom stereocenters. The van der Waals surface area contributed by atoms with Crippen LogP contribution in [0.4, 0.5) is 10.5 Å². The molecule has 29 heavy (non-hydrogen) atoms. The Balaban J connectivity index is 2.12. The second-order valence-corrected chi connectivity index (χ2v) is 7.28. The van der Waals surface area contributed by atoms with Gasteiger partial charge in [0, 0.05) is 5.69 Å². The summed E-state index contributed by atoms with van der Waals surface area (Å²) in [4.78, 5) is 37.8. The fourth-order valence-electron chi connectivity index (χ4n) is 3.32. The number of aryl methyl sites for hydroxylation is 1. The Labute approximate surface area is 171 Å². The lowest BCUT2D eigenvalue weighted by Crippen LogP contribution is -3.10. The van der Waals surface area contributed by atoms with Gasteiger partial charge in [-0.1, -0.05) is 19.1 Å². The minimum absolute atomic E-state index is 0.137. The topological polar surface area (TPSA) is 101 Å². The number of rotatable bonds is 8. The molecule has 0 spiro atoms. The molecule has 0 bridgehead atoms. The van der Waals surface area contributed by atoms with Crippen molar-refractivity contribution in [2.75, 3.05) is 32.1 Å². The number of benzene rings is 1. The van der Waals surface area contributed by atoms with Gasteiger partial charge in [-0.3, -0.25) is 4.79 Å². The molecule has 2 rings (SSSR count). The summed E-state index contributed by atoms with van der Waals surface area (Å²) in [6.45, 7) is 8.35. The largest absolute Gasteiger partial charge is 0.463 e. The number of ether oxygens (including phenoxy) is 1. The van der Waals surface area contributed by atoms with Crippen LogP contribution in [0.2, 0.25) is 0 Å². The summed E-state index contributed by atoms with van der Waals surface area (Å²) in [5.41, 5.74) is 3.84. The highest BCUT2D eigenvalue weighted by Gasteiger charge is 2.33. The predicted octanol–water partition coefficient (Wildman–Crippen LogP) is 0.665. The molecule has 1 aromatic carbocycles. The van der Waals surface area contributed by atoms with E-state index in [0.717, 1.165) is 21.7 Å². The van der Waals surface area contributed by atoms with Crippen molar-refractivity contribution in [1.82, 2.24) is 10.6 Å². The van der Waals surface area contributed by atoms with E-state index in [0.29, 0.717) is 24.2 Å². The number of anilines is 1. The van der Waals surface area contributed by atoms with Gasteiger partial charge in [0.2, 0.25) is 0 Å².